The molecule has 0 saturated carbocycles. The molecule has 0 aromatic heterocycles. The summed E-state index contributed by atoms with van der Waals surface area (Å²) in [4.78, 5) is 16.5. The number of hydrogen-bond donors (Lipinski definition) is 0. The Hall–Kier alpha value is -2.36. The quantitative estimate of drug-likeness (QED) is 0.838. The number of hydrogen-bond acceptors (Lipinski definition) is 2. The molecular weight excluding hydrogens is 303 g/mol. The van der Waals surface area contributed by atoms with Crippen LogP contribution in [0.5, 0.6) is 0 Å². The van der Waals surface area contributed by atoms with E-state index in [-0.39, 0.29) is 18.1 Å². The van der Waals surface area contributed by atoms with Gasteiger partial charge in [-0.3, -0.25) is 4.79 Å². The molecule has 24 heavy (non-hydrogen) atoms. The lowest BCUT2D eigenvalue weighted by Crippen LogP contribution is -2.29. The highest BCUT2D eigenvalue weighted by Gasteiger charge is 2.18. The first kappa shape index (κ1) is 16.5. The maximum atomic E-state index is 13.7. The van der Waals surface area contributed by atoms with E-state index in [0.717, 1.165) is 18.7 Å². The second-order valence-electron chi connectivity index (χ2n) is 6.34. The summed E-state index contributed by atoms with van der Waals surface area (Å²) >= 11 is 0. The molecule has 4 heteroatoms. The standard InChI is InChI=1S/C20H23FN2O/c1-22(20(24)14-16-8-2-4-10-18(16)21)15-17-9-3-5-11-19(17)23-12-6-7-13-23/h2-5,8-11H,6-7,12-15H2,1H3. The van der Waals surface area contributed by atoms with Crippen LogP contribution in [0, 0.1) is 5.82 Å². The molecule has 0 spiro atoms. The molecule has 1 fully saturated rings. The first-order valence-corrected chi connectivity index (χ1v) is 8.45. The van der Waals surface area contributed by atoms with E-state index < -0.39 is 0 Å². The molecule has 1 saturated heterocycles. The Balaban J connectivity index is 1.69. The number of anilines is 1. The van der Waals surface area contributed by atoms with Crippen LogP contribution in [-0.2, 0) is 17.8 Å². The van der Waals surface area contributed by atoms with Crippen LogP contribution in [0.15, 0.2) is 48.5 Å². The number of rotatable bonds is 5. The zero-order chi connectivity index (χ0) is 16.9. The Morgan fingerprint density at radius 3 is 2.38 bits per heavy atom. The highest BCUT2D eigenvalue weighted by atomic mass is 19.1. The van der Waals surface area contributed by atoms with Crippen molar-refractivity contribution in [3.05, 3.63) is 65.5 Å². The summed E-state index contributed by atoms with van der Waals surface area (Å²) in [5.41, 5.74) is 2.80. The third kappa shape index (κ3) is 3.75. The minimum absolute atomic E-state index is 0.0728. The van der Waals surface area contributed by atoms with E-state index in [2.05, 4.69) is 17.0 Å². The summed E-state index contributed by atoms with van der Waals surface area (Å²) in [5.74, 6) is -0.395. The van der Waals surface area contributed by atoms with Gasteiger partial charge in [0.05, 0.1) is 6.42 Å². The van der Waals surface area contributed by atoms with Crippen molar-refractivity contribution in [2.75, 3.05) is 25.0 Å². The van der Waals surface area contributed by atoms with Crippen molar-refractivity contribution in [1.82, 2.24) is 4.90 Å². The predicted molar refractivity (Wildman–Crippen MR) is 94.5 cm³/mol. The van der Waals surface area contributed by atoms with Crippen molar-refractivity contribution in [3.63, 3.8) is 0 Å². The van der Waals surface area contributed by atoms with E-state index in [9.17, 15) is 9.18 Å². The number of halogens is 1. The van der Waals surface area contributed by atoms with Gasteiger partial charge in [-0.1, -0.05) is 36.4 Å². The molecule has 0 atom stereocenters. The van der Waals surface area contributed by atoms with Crippen LogP contribution in [0.4, 0.5) is 10.1 Å². The Kier molecular flexibility index (Phi) is 5.14. The summed E-state index contributed by atoms with van der Waals surface area (Å²) in [5, 5.41) is 0. The van der Waals surface area contributed by atoms with Gasteiger partial charge in [0, 0.05) is 32.4 Å². The van der Waals surface area contributed by atoms with Gasteiger partial charge in [-0.25, -0.2) is 4.39 Å². The fraction of sp³-hybridized carbons (Fsp3) is 0.350. The average Bonchev–Trinajstić information content (AvgIpc) is 3.11. The molecule has 0 unspecified atom stereocenters. The van der Waals surface area contributed by atoms with Gasteiger partial charge in [0.25, 0.3) is 0 Å². The number of nitrogens with zero attached hydrogens (tertiary/aromatic N) is 2. The third-order valence-corrected chi connectivity index (χ3v) is 4.57. The molecule has 1 aliphatic heterocycles. The van der Waals surface area contributed by atoms with Crippen molar-refractivity contribution >= 4 is 11.6 Å². The zero-order valence-electron chi connectivity index (χ0n) is 14.0. The lowest BCUT2D eigenvalue weighted by Gasteiger charge is -2.24. The molecule has 0 aliphatic carbocycles. The molecule has 0 bridgehead atoms. The van der Waals surface area contributed by atoms with Crippen LogP contribution >= 0.6 is 0 Å². The van der Waals surface area contributed by atoms with E-state index in [1.165, 1.54) is 24.6 Å². The van der Waals surface area contributed by atoms with E-state index in [1.54, 1.807) is 30.1 Å². The molecule has 0 radical (unpaired) electrons. The number of amides is 1. The van der Waals surface area contributed by atoms with Gasteiger partial charge in [-0.2, -0.15) is 0 Å². The minimum Gasteiger partial charge on any atom is -0.371 e. The van der Waals surface area contributed by atoms with Gasteiger partial charge in [-0.05, 0) is 36.1 Å². The van der Waals surface area contributed by atoms with Gasteiger partial charge >= 0.3 is 0 Å². The number of carbonyl (C=O) groups is 1. The van der Waals surface area contributed by atoms with Crippen molar-refractivity contribution in [2.24, 2.45) is 0 Å². The average molecular weight is 326 g/mol. The van der Waals surface area contributed by atoms with Gasteiger partial charge < -0.3 is 9.80 Å². The molecule has 2 aromatic carbocycles. The first-order chi connectivity index (χ1) is 11.6. The second-order valence-corrected chi connectivity index (χ2v) is 6.34. The monoisotopic (exact) mass is 326 g/mol. The van der Waals surface area contributed by atoms with Crippen molar-refractivity contribution < 1.29 is 9.18 Å². The summed E-state index contributed by atoms with van der Waals surface area (Å²) < 4.78 is 13.7. The molecule has 1 heterocycles. The largest absolute Gasteiger partial charge is 0.371 e. The van der Waals surface area contributed by atoms with E-state index in [4.69, 9.17) is 0 Å². The predicted octanol–water partition coefficient (Wildman–Crippen LogP) is 3.63. The van der Waals surface area contributed by atoms with Crippen LogP contribution in [0.3, 0.4) is 0 Å². The molecule has 1 aliphatic rings. The van der Waals surface area contributed by atoms with Crippen molar-refractivity contribution in [2.45, 2.75) is 25.8 Å². The summed E-state index contributed by atoms with van der Waals surface area (Å²) in [6, 6.07) is 14.7. The maximum Gasteiger partial charge on any atom is 0.227 e. The van der Waals surface area contributed by atoms with Crippen LogP contribution in [0.25, 0.3) is 0 Å². The van der Waals surface area contributed by atoms with E-state index >= 15 is 0 Å². The van der Waals surface area contributed by atoms with Gasteiger partial charge in [0.1, 0.15) is 5.82 Å². The summed E-state index contributed by atoms with van der Waals surface area (Å²) in [6.45, 7) is 2.69. The molecular formula is C20H23FN2O. The highest BCUT2D eigenvalue weighted by Crippen LogP contribution is 2.25. The Labute approximate surface area is 142 Å². The number of para-hydroxylation sites is 1. The lowest BCUT2D eigenvalue weighted by molar-refractivity contribution is -0.129. The first-order valence-electron chi connectivity index (χ1n) is 8.45. The van der Waals surface area contributed by atoms with Gasteiger partial charge in [-0.15, -0.1) is 0 Å². The lowest BCUT2D eigenvalue weighted by atomic mass is 10.1. The Morgan fingerprint density at radius 1 is 1.04 bits per heavy atom. The number of likely N-dealkylation sites (N-methyl/N-ethyl adjacent to an activating group) is 1. The van der Waals surface area contributed by atoms with Crippen LogP contribution in [-0.4, -0.2) is 30.9 Å². The number of carbonyl (C=O) groups excluding carboxylic acids is 1. The molecule has 0 N–H and O–H groups in total. The third-order valence-electron chi connectivity index (χ3n) is 4.57. The van der Waals surface area contributed by atoms with Gasteiger partial charge in [0.2, 0.25) is 5.91 Å². The Morgan fingerprint density at radius 2 is 1.67 bits per heavy atom. The fourth-order valence-electron chi connectivity index (χ4n) is 3.19. The molecule has 3 nitrogen and oxygen atoms in total. The van der Waals surface area contributed by atoms with Crippen molar-refractivity contribution in [3.8, 4) is 0 Å². The summed E-state index contributed by atoms with van der Waals surface area (Å²) in [6.07, 6.45) is 2.53. The molecule has 3 rings (SSSR count). The van der Waals surface area contributed by atoms with Crippen LogP contribution in [0.2, 0.25) is 0 Å². The topological polar surface area (TPSA) is 23.6 Å². The van der Waals surface area contributed by atoms with E-state index in [1.807, 2.05) is 12.1 Å². The maximum absolute atomic E-state index is 13.7. The fourth-order valence-corrected chi connectivity index (χ4v) is 3.19. The smallest absolute Gasteiger partial charge is 0.227 e. The van der Waals surface area contributed by atoms with Crippen LogP contribution in [0.1, 0.15) is 24.0 Å². The normalized spacial score (nSPS) is 14.0. The molecule has 126 valence electrons. The minimum atomic E-state index is -0.322. The second kappa shape index (κ2) is 7.47. The van der Waals surface area contributed by atoms with Crippen molar-refractivity contribution in [1.29, 1.82) is 0 Å². The SMILES string of the molecule is CN(Cc1ccccc1N1CCCC1)C(=O)Cc1ccccc1F. The molecule has 2 aromatic rings. The zero-order valence-corrected chi connectivity index (χ0v) is 14.0. The van der Waals surface area contributed by atoms with E-state index in [0.29, 0.717) is 12.1 Å². The Bertz CT molecular complexity index is 710. The molecule has 1 amide bonds. The number of benzene rings is 2. The van der Waals surface area contributed by atoms with Gasteiger partial charge in [0.15, 0.2) is 0 Å². The summed E-state index contributed by atoms with van der Waals surface area (Å²) in [7, 11) is 1.78. The van der Waals surface area contributed by atoms with Crippen LogP contribution < -0.4 is 4.90 Å². The highest BCUT2D eigenvalue weighted by molar-refractivity contribution is 5.78.